The molecule has 0 fully saturated rings. The van der Waals surface area contributed by atoms with Crippen molar-refractivity contribution in [1.82, 2.24) is 9.29 Å². The molecule has 0 radical (unpaired) electrons. The Hall–Kier alpha value is -2.36. The summed E-state index contributed by atoms with van der Waals surface area (Å²) >= 11 is 1.05. The van der Waals surface area contributed by atoms with Crippen molar-refractivity contribution in [3.05, 3.63) is 51.6 Å². The first kappa shape index (κ1) is 20.9. The summed E-state index contributed by atoms with van der Waals surface area (Å²) in [6.07, 6.45) is 0.466. The van der Waals surface area contributed by atoms with Gasteiger partial charge < -0.3 is 9.47 Å². The van der Waals surface area contributed by atoms with Gasteiger partial charge >= 0.3 is 4.87 Å². The second-order valence-corrected chi connectivity index (χ2v) is 10.6. The first-order valence-corrected chi connectivity index (χ1v) is 12.0. The number of aromatic nitrogens is 1. The van der Waals surface area contributed by atoms with E-state index in [1.54, 1.807) is 48.1 Å². The number of aryl methyl sites for hydroxylation is 1. The number of sulfonamides is 1. The van der Waals surface area contributed by atoms with Crippen LogP contribution in [-0.2, 0) is 16.6 Å². The third-order valence-corrected chi connectivity index (χ3v) is 7.65. The van der Waals surface area contributed by atoms with Gasteiger partial charge in [0, 0.05) is 18.5 Å². The van der Waals surface area contributed by atoms with Crippen molar-refractivity contribution in [2.24, 2.45) is 0 Å². The standard InChI is InChI=1S/C21H24N2O5S2/c1-5-23-17-8-7-14(11-19(17)29-20(23)24)30(25,26)22-16-12-21(2,3)28-18-9-6-13(27-4)10-15(16)18/h6-11,16,22H,5,12H2,1-4H3/t16-/m0/s1. The van der Waals surface area contributed by atoms with Crippen molar-refractivity contribution in [2.45, 2.75) is 50.3 Å². The van der Waals surface area contributed by atoms with Crippen LogP contribution in [0.2, 0.25) is 0 Å². The summed E-state index contributed by atoms with van der Waals surface area (Å²) in [4.78, 5) is 12.1. The molecule has 0 saturated carbocycles. The molecule has 0 aliphatic carbocycles. The van der Waals surface area contributed by atoms with E-state index in [4.69, 9.17) is 9.47 Å². The van der Waals surface area contributed by atoms with Crippen LogP contribution in [0.1, 0.15) is 38.8 Å². The number of hydrogen-bond donors (Lipinski definition) is 1. The van der Waals surface area contributed by atoms with E-state index in [1.165, 1.54) is 0 Å². The summed E-state index contributed by atoms with van der Waals surface area (Å²) < 4.78 is 42.9. The molecule has 0 saturated heterocycles. The topological polar surface area (TPSA) is 86.6 Å². The van der Waals surface area contributed by atoms with Gasteiger partial charge in [-0.05, 0) is 57.2 Å². The maximum absolute atomic E-state index is 13.2. The van der Waals surface area contributed by atoms with Crippen molar-refractivity contribution in [1.29, 1.82) is 0 Å². The molecule has 7 nitrogen and oxygen atoms in total. The molecule has 2 heterocycles. The quantitative estimate of drug-likeness (QED) is 0.644. The third kappa shape index (κ3) is 3.73. The van der Waals surface area contributed by atoms with Gasteiger partial charge in [-0.1, -0.05) is 11.3 Å². The van der Waals surface area contributed by atoms with Crippen LogP contribution in [0.3, 0.4) is 0 Å². The van der Waals surface area contributed by atoms with Crippen LogP contribution in [-0.4, -0.2) is 25.7 Å². The Labute approximate surface area is 179 Å². The van der Waals surface area contributed by atoms with Crippen LogP contribution in [0.25, 0.3) is 10.2 Å². The lowest BCUT2D eigenvalue weighted by Crippen LogP contribution is -2.41. The van der Waals surface area contributed by atoms with Crippen LogP contribution >= 0.6 is 11.3 Å². The Balaban J connectivity index is 1.73. The van der Waals surface area contributed by atoms with Crippen molar-refractivity contribution >= 4 is 31.6 Å². The molecule has 30 heavy (non-hydrogen) atoms. The zero-order valence-corrected chi connectivity index (χ0v) is 18.9. The largest absolute Gasteiger partial charge is 0.497 e. The molecule has 3 aromatic rings. The van der Waals surface area contributed by atoms with E-state index >= 15 is 0 Å². The third-order valence-electron chi connectivity index (χ3n) is 5.24. The maximum Gasteiger partial charge on any atom is 0.308 e. The summed E-state index contributed by atoms with van der Waals surface area (Å²) in [6.45, 7) is 6.29. The molecule has 0 spiro atoms. The number of benzene rings is 2. The molecule has 1 atom stereocenters. The number of methoxy groups -OCH3 is 1. The SMILES string of the molecule is CCn1c(=O)sc2cc(S(=O)(=O)N[C@H]3CC(C)(C)Oc4ccc(OC)cc43)ccc21. The average Bonchev–Trinajstić information content (AvgIpc) is 3.00. The van der Waals surface area contributed by atoms with E-state index in [0.717, 1.165) is 22.4 Å². The Kier molecular flexibility index (Phi) is 5.16. The molecule has 9 heteroatoms. The van der Waals surface area contributed by atoms with Gasteiger partial charge in [-0.15, -0.1) is 0 Å². The van der Waals surface area contributed by atoms with E-state index in [1.807, 2.05) is 20.8 Å². The van der Waals surface area contributed by atoms with Crippen LogP contribution in [0.5, 0.6) is 11.5 Å². The zero-order valence-electron chi connectivity index (χ0n) is 17.3. The van der Waals surface area contributed by atoms with Gasteiger partial charge in [0.1, 0.15) is 17.1 Å². The lowest BCUT2D eigenvalue weighted by molar-refractivity contribution is 0.0700. The van der Waals surface area contributed by atoms with Crippen LogP contribution in [0.15, 0.2) is 46.1 Å². The lowest BCUT2D eigenvalue weighted by atomic mass is 9.90. The fourth-order valence-corrected chi connectivity index (χ4v) is 6.14. The van der Waals surface area contributed by atoms with Crippen molar-refractivity contribution in [2.75, 3.05) is 7.11 Å². The first-order valence-electron chi connectivity index (χ1n) is 9.66. The van der Waals surface area contributed by atoms with Crippen LogP contribution < -0.4 is 19.1 Å². The second-order valence-electron chi connectivity index (χ2n) is 7.89. The van der Waals surface area contributed by atoms with Gasteiger partial charge in [0.25, 0.3) is 0 Å². The molecule has 0 unspecified atom stereocenters. The zero-order chi connectivity index (χ0) is 21.7. The Morgan fingerprint density at radius 3 is 2.73 bits per heavy atom. The van der Waals surface area contributed by atoms with Crippen molar-refractivity contribution in [3.8, 4) is 11.5 Å². The number of fused-ring (bicyclic) bond motifs is 2. The van der Waals surface area contributed by atoms with Gasteiger partial charge in [-0.2, -0.15) is 0 Å². The smallest absolute Gasteiger partial charge is 0.308 e. The predicted octanol–water partition coefficient (Wildman–Crippen LogP) is 3.67. The van der Waals surface area contributed by atoms with Gasteiger partial charge in [0.2, 0.25) is 10.0 Å². The van der Waals surface area contributed by atoms with E-state index in [2.05, 4.69) is 4.72 Å². The predicted molar refractivity (Wildman–Crippen MR) is 117 cm³/mol. The fraction of sp³-hybridized carbons (Fsp3) is 0.381. The molecular formula is C21H24N2O5S2. The number of ether oxygens (including phenoxy) is 2. The highest BCUT2D eigenvalue weighted by atomic mass is 32.2. The summed E-state index contributed by atoms with van der Waals surface area (Å²) in [5, 5.41) is 0. The molecule has 0 amide bonds. The minimum atomic E-state index is -3.83. The fourth-order valence-electron chi connectivity index (χ4n) is 3.83. The number of rotatable bonds is 5. The molecule has 1 aliphatic heterocycles. The van der Waals surface area contributed by atoms with Crippen molar-refractivity contribution in [3.63, 3.8) is 0 Å². The summed E-state index contributed by atoms with van der Waals surface area (Å²) in [7, 11) is -2.26. The monoisotopic (exact) mass is 448 g/mol. The van der Waals surface area contributed by atoms with Gasteiger partial charge in [0.05, 0.1) is 28.3 Å². The van der Waals surface area contributed by atoms with E-state index < -0.39 is 21.7 Å². The molecule has 2 aromatic carbocycles. The van der Waals surface area contributed by atoms with E-state index in [9.17, 15) is 13.2 Å². The number of hydrogen-bond acceptors (Lipinski definition) is 6. The number of nitrogens with zero attached hydrogens (tertiary/aromatic N) is 1. The normalized spacial score (nSPS) is 18.1. The molecule has 1 aromatic heterocycles. The van der Waals surface area contributed by atoms with Gasteiger partial charge in [-0.3, -0.25) is 9.36 Å². The highest BCUT2D eigenvalue weighted by Gasteiger charge is 2.36. The summed E-state index contributed by atoms with van der Waals surface area (Å²) in [6, 6.07) is 9.71. The number of nitrogens with one attached hydrogen (secondary N) is 1. The van der Waals surface area contributed by atoms with E-state index in [-0.39, 0.29) is 9.77 Å². The number of thiazole rings is 1. The summed E-state index contributed by atoms with van der Waals surface area (Å²) in [5.41, 5.74) is 0.949. The minimum Gasteiger partial charge on any atom is -0.497 e. The van der Waals surface area contributed by atoms with Gasteiger partial charge in [-0.25, -0.2) is 13.1 Å². The first-order chi connectivity index (χ1) is 14.1. The van der Waals surface area contributed by atoms with Crippen molar-refractivity contribution < 1.29 is 17.9 Å². The Morgan fingerprint density at radius 1 is 1.27 bits per heavy atom. The minimum absolute atomic E-state index is 0.0952. The molecule has 4 rings (SSSR count). The average molecular weight is 449 g/mol. The Morgan fingerprint density at radius 2 is 2.03 bits per heavy atom. The molecule has 1 N–H and O–H groups in total. The summed E-state index contributed by atoms with van der Waals surface area (Å²) in [5.74, 6) is 1.27. The molecule has 1 aliphatic rings. The lowest BCUT2D eigenvalue weighted by Gasteiger charge is -2.37. The van der Waals surface area contributed by atoms with Crippen LogP contribution in [0, 0.1) is 0 Å². The molecule has 160 valence electrons. The second kappa shape index (κ2) is 7.40. The Bertz CT molecular complexity index is 1270. The highest BCUT2D eigenvalue weighted by Crippen LogP contribution is 2.41. The molecule has 0 bridgehead atoms. The van der Waals surface area contributed by atoms with E-state index in [0.29, 0.717) is 29.2 Å². The van der Waals surface area contributed by atoms with Gasteiger partial charge in [0.15, 0.2) is 0 Å². The molecular weight excluding hydrogens is 424 g/mol. The highest BCUT2D eigenvalue weighted by molar-refractivity contribution is 7.89. The maximum atomic E-state index is 13.2. The van der Waals surface area contributed by atoms with Crippen LogP contribution in [0.4, 0.5) is 0 Å².